The molecule has 1 fully saturated rings. The van der Waals surface area contributed by atoms with Crippen LogP contribution in [0.5, 0.6) is 0 Å². The van der Waals surface area contributed by atoms with Gasteiger partial charge in [-0.1, -0.05) is 13.0 Å². The van der Waals surface area contributed by atoms with E-state index in [1.165, 1.54) is 13.3 Å². The molecule has 1 aliphatic rings. The maximum atomic E-state index is 12.8. The van der Waals surface area contributed by atoms with Crippen molar-refractivity contribution in [2.24, 2.45) is 5.73 Å². The fourth-order valence-corrected chi connectivity index (χ4v) is 4.13. The van der Waals surface area contributed by atoms with E-state index in [1.54, 1.807) is 29.8 Å². The van der Waals surface area contributed by atoms with E-state index >= 15 is 0 Å². The van der Waals surface area contributed by atoms with Crippen LogP contribution in [0, 0.1) is 13.8 Å². The number of aryl methyl sites for hydroxylation is 2. The van der Waals surface area contributed by atoms with Crippen molar-refractivity contribution in [3.05, 3.63) is 53.0 Å². The molecule has 0 bridgehead atoms. The number of aliphatic hydroxyl groups excluding tert-OH is 1. The van der Waals surface area contributed by atoms with E-state index in [2.05, 4.69) is 20.7 Å². The van der Waals surface area contributed by atoms with Crippen LogP contribution in [0.2, 0.25) is 0 Å². The van der Waals surface area contributed by atoms with E-state index in [-0.39, 0.29) is 18.5 Å². The molecule has 1 aromatic carbocycles. The minimum absolute atomic E-state index is 0.127. The molecule has 2 heterocycles. The van der Waals surface area contributed by atoms with Crippen molar-refractivity contribution in [2.75, 3.05) is 18.7 Å². The number of fused-ring (bicyclic) bond motifs is 1. The van der Waals surface area contributed by atoms with Crippen LogP contribution in [0.25, 0.3) is 5.52 Å². The van der Waals surface area contributed by atoms with Crippen LogP contribution < -0.4 is 16.4 Å². The summed E-state index contributed by atoms with van der Waals surface area (Å²) in [6.07, 6.45) is 3.28. The molecule has 13 heteroatoms. The number of amides is 2. The van der Waals surface area contributed by atoms with Gasteiger partial charge >= 0.3 is 12.1 Å². The molecule has 0 aliphatic heterocycles. The van der Waals surface area contributed by atoms with Gasteiger partial charge in [-0.3, -0.25) is 14.5 Å². The van der Waals surface area contributed by atoms with E-state index in [9.17, 15) is 19.5 Å². The number of nitrogens with two attached hydrogens (primary N) is 1. The summed E-state index contributed by atoms with van der Waals surface area (Å²) in [6.45, 7) is 6.56. The van der Waals surface area contributed by atoms with Crippen LogP contribution in [0.1, 0.15) is 66.4 Å². The summed E-state index contributed by atoms with van der Waals surface area (Å²) in [5, 5.41) is 21.8. The van der Waals surface area contributed by atoms with E-state index < -0.39 is 31.1 Å². The van der Waals surface area contributed by atoms with Crippen molar-refractivity contribution in [3.8, 4) is 0 Å². The SMILES string of the molecule is CCCN(C(=O)OCOC(=O)[C@H](C)N)C(O)c1cn2ncnc(Nc3cc(C(=O)NC4CC4)ccc3C)c2c1C. The molecule has 0 saturated heterocycles. The molecule has 2 aromatic heterocycles. The maximum Gasteiger partial charge on any atom is 0.415 e. The van der Waals surface area contributed by atoms with Crippen molar-refractivity contribution in [1.82, 2.24) is 24.8 Å². The Labute approximate surface area is 231 Å². The third-order valence-corrected chi connectivity index (χ3v) is 6.56. The molecule has 40 heavy (non-hydrogen) atoms. The summed E-state index contributed by atoms with van der Waals surface area (Å²) < 4.78 is 11.4. The van der Waals surface area contributed by atoms with Crippen LogP contribution in [-0.2, 0) is 14.3 Å². The quantitative estimate of drug-likeness (QED) is 0.204. The van der Waals surface area contributed by atoms with Gasteiger partial charge in [0.05, 0.1) is 0 Å². The number of carbonyl (C=O) groups is 3. The Morgan fingerprint density at radius 2 is 2.00 bits per heavy atom. The summed E-state index contributed by atoms with van der Waals surface area (Å²) in [5.41, 5.74) is 9.22. The van der Waals surface area contributed by atoms with E-state index in [4.69, 9.17) is 15.2 Å². The Morgan fingerprint density at radius 1 is 1.25 bits per heavy atom. The molecule has 214 valence electrons. The van der Waals surface area contributed by atoms with Gasteiger partial charge in [-0.25, -0.2) is 14.3 Å². The first-order valence-corrected chi connectivity index (χ1v) is 13.2. The fraction of sp³-hybridized carbons (Fsp3) is 0.444. The number of carbonyl (C=O) groups excluding carboxylic acids is 3. The fourth-order valence-electron chi connectivity index (χ4n) is 4.13. The summed E-state index contributed by atoms with van der Waals surface area (Å²) in [5.74, 6) is -0.382. The Hall–Kier alpha value is -4.23. The Balaban J connectivity index is 1.57. The molecule has 5 N–H and O–H groups in total. The van der Waals surface area contributed by atoms with Gasteiger partial charge in [0.15, 0.2) is 12.0 Å². The molecule has 0 radical (unpaired) electrons. The van der Waals surface area contributed by atoms with Gasteiger partial charge in [-0.15, -0.1) is 0 Å². The van der Waals surface area contributed by atoms with Gasteiger partial charge in [0, 0.05) is 35.6 Å². The number of esters is 1. The Morgan fingerprint density at radius 3 is 2.67 bits per heavy atom. The third kappa shape index (κ3) is 6.49. The first-order valence-electron chi connectivity index (χ1n) is 13.2. The topological polar surface area (TPSA) is 173 Å². The first-order chi connectivity index (χ1) is 19.1. The zero-order valence-electron chi connectivity index (χ0n) is 23.0. The zero-order chi connectivity index (χ0) is 29.0. The molecule has 4 rings (SSSR count). The number of anilines is 2. The highest BCUT2D eigenvalue weighted by atomic mass is 16.7. The monoisotopic (exact) mass is 553 g/mol. The molecular weight excluding hydrogens is 518 g/mol. The molecule has 1 saturated carbocycles. The number of nitrogens with zero attached hydrogens (tertiary/aromatic N) is 4. The van der Waals surface area contributed by atoms with Crippen molar-refractivity contribution in [2.45, 2.75) is 65.3 Å². The highest BCUT2D eigenvalue weighted by molar-refractivity contribution is 5.96. The smallest absolute Gasteiger partial charge is 0.415 e. The number of benzene rings is 1. The number of nitrogens with one attached hydrogen (secondary N) is 2. The van der Waals surface area contributed by atoms with E-state index in [0.717, 1.165) is 23.3 Å². The molecule has 0 spiro atoms. The predicted molar refractivity (Wildman–Crippen MR) is 146 cm³/mol. The first kappa shape index (κ1) is 28.8. The van der Waals surface area contributed by atoms with Crippen molar-refractivity contribution in [1.29, 1.82) is 0 Å². The van der Waals surface area contributed by atoms with Gasteiger partial charge in [-0.05, 0) is 63.3 Å². The predicted octanol–water partition coefficient (Wildman–Crippen LogP) is 2.67. The molecule has 3 aromatic rings. The lowest BCUT2D eigenvalue weighted by Crippen LogP contribution is -2.37. The summed E-state index contributed by atoms with van der Waals surface area (Å²) in [4.78, 5) is 42.5. The molecule has 2 amide bonds. The standard InChI is InChI=1S/C27H35N7O6/c1-5-10-33(27(38)40-14-39-26(37)17(4)28)25(36)20-12-34-22(16(20)3)23(29-13-30-34)32-21-11-18(7-6-15(21)2)24(35)31-19-8-9-19/h6-7,11-13,17,19,25,36H,5,8-10,14,28H2,1-4H3,(H,31,35)(H,29,30,32)/t17-,25?/m0/s1. The Kier molecular flexibility index (Phi) is 8.85. The summed E-state index contributed by atoms with van der Waals surface area (Å²) in [6, 6.07) is 4.81. The summed E-state index contributed by atoms with van der Waals surface area (Å²) >= 11 is 0. The zero-order valence-corrected chi connectivity index (χ0v) is 23.0. The van der Waals surface area contributed by atoms with E-state index in [1.807, 2.05) is 19.9 Å². The second kappa shape index (κ2) is 12.3. The van der Waals surface area contributed by atoms with Gasteiger partial charge in [0.1, 0.15) is 17.9 Å². The lowest BCUT2D eigenvalue weighted by molar-refractivity contribution is -0.154. The number of hydrogen-bond donors (Lipinski definition) is 4. The van der Waals surface area contributed by atoms with Gasteiger partial charge in [-0.2, -0.15) is 5.10 Å². The molecule has 1 aliphatic carbocycles. The normalized spacial score (nSPS) is 14.3. The van der Waals surface area contributed by atoms with Crippen LogP contribution in [-0.4, -0.2) is 68.0 Å². The number of ether oxygens (including phenoxy) is 2. The van der Waals surface area contributed by atoms with Crippen molar-refractivity contribution < 1.29 is 29.0 Å². The highest BCUT2D eigenvalue weighted by Crippen LogP contribution is 2.31. The third-order valence-electron chi connectivity index (χ3n) is 6.56. The van der Waals surface area contributed by atoms with Gasteiger partial charge < -0.3 is 30.9 Å². The maximum absolute atomic E-state index is 12.8. The van der Waals surface area contributed by atoms with Crippen molar-refractivity contribution in [3.63, 3.8) is 0 Å². The summed E-state index contributed by atoms with van der Waals surface area (Å²) in [7, 11) is 0. The molecule has 2 atom stereocenters. The largest absolute Gasteiger partial charge is 0.427 e. The van der Waals surface area contributed by atoms with Crippen molar-refractivity contribution >= 4 is 35.0 Å². The molecule has 13 nitrogen and oxygen atoms in total. The second-order valence-electron chi connectivity index (χ2n) is 9.86. The number of rotatable bonds is 11. The molecule has 1 unspecified atom stereocenters. The van der Waals surface area contributed by atoms with Crippen LogP contribution in [0.15, 0.2) is 30.7 Å². The van der Waals surface area contributed by atoms with Crippen LogP contribution in [0.3, 0.4) is 0 Å². The highest BCUT2D eigenvalue weighted by Gasteiger charge is 2.28. The average molecular weight is 554 g/mol. The van der Waals surface area contributed by atoms with Gasteiger partial charge in [0.25, 0.3) is 5.91 Å². The average Bonchev–Trinajstić information content (AvgIpc) is 3.67. The molecular formula is C27H35N7O6. The number of aliphatic hydroxyl groups is 1. The second-order valence-corrected chi connectivity index (χ2v) is 9.86. The lowest BCUT2D eigenvalue weighted by atomic mass is 10.1. The minimum Gasteiger partial charge on any atom is -0.427 e. The lowest BCUT2D eigenvalue weighted by Gasteiger charge is -2.27. The van der Waals surface area contributed by atoms with Gasteiger partial charge in [0.2, 0.25) is 6.79 Å². The minimum atomic E-state index is -1.37. The van der Waals surface area contributed by atoms with Crippen LogP contribution >= 0.6 is 0 Å². The van der Waals surface area contributed by atoms with E-state index in [0.29, 0.717) is 40.1 Å². The number of hydrogen-bond acceptors (Lipinski definition) is 10. The van der Waals surface area contributed by atoms with Crippen LogP contribution in [0.4, 0.5) is 16.3 Å². The Bertz CT molecular complexity index is 1400. The number of aromatic nitrogens is 3.